The van der Waals surface area contributed by atoms with Crippen LogP contribution in [0.5, 0.6) is 0 Å². The largest absolute Gasteiger partial charge is 0.312 e. The molecule has 0 bridgehead atoms. The van der Waals surface area contributed by atoms with Crippen molar-refractivity contribution in [3.05, 3.63) is 64.5 Å². The van der Waals surface area contributed by atoms with Crippen molar-refractivity contribution in [3.8, 4) is 11.3 Å². The van der Waals surface area contributed by atoms with Crippen LogP contribution in [0.3, 0.4) is 0 Å². The van der Waals surface area contributed by atoms with Crippen molar-refractivity contribution >= 4 is 34.0 Å². The summed E-state index contributed by atoms with van der Waals surface area (Å²) in [5.41, 5.74) is 5.13. The molecule has 1 aromatic heterocycles. The standard InChI is InChI=1S/C24H25N3O2S/c1-4-20-22(17-8-6-5-7-9-17)25-24(30-20)26-23(29)18-13-21(28)27(14-18)19-11-10-15(2)16(3)12-19/h5-12,18H,4,13-14H2,1-3H3,(H,25,26,29). The fraction of sp³-hybridized carbons (Fsp3) is 0.292. The van der Waals surface area contributed by atoms with Gasteiger partial charge in [0.25, 0.3) is 0 Å². The van der Waals surface area contributed by atoms with Gasteiger partial charge >= 0.3 is 0 Å². The topological polar surface area (TPSA) is 62.3 Å². The number of hydrogen-bond acceptors (Lipinski definition) is 4. The Kier molecular flexibility index (Phi) is 5.68. The lowest BCUT2D eigenvalue weighted by molar-refractivity contribution is -0.122. The minimum atomic E-state index is -0.381. The summed E-state index contributed by atoms with van der Waals surface area (Å²) < 4.78 is 0. The van der Waals surface area contributed by atoms with E-state index in [1.54, 1.807) is 4.90 Å². The molecule has 0 saturated carbocycles. The number of anilines is 2. The number of amides is 2. The molecule has 2 heterocycles. The molecule has 5 nitrogen and oxygen atoms in total. The average molecular weight is 420 g/mol. The second-order valence-electron chi connectivity index (χ2n) is 7.67. The normalized spacial score (nSPS) is 16.2. The van der Waals surface area contributed by atoms with Gasteiger partial charge in [0.15, 0.2) is 5.13 Å². The van der Waals surface area contributed by atoms with Crippen molar-refractivity contribution in [2.24, 2.45) is 5.92 Å². The maximum absolute atomic E-state index is 12.9. The molecule has 1 fully saturated rings. The predicted molar refractivity (Wildman–Crippen MR) is 122 cm³/mol. The summed E-state index contributed by atoms with van der Waals surface area (Å²) >= 11 is 1.50. The van der Waals surface area contributed by atoms with Crippen LogP contribution in [0.2, 0.25) is 0 Å². The molecule has 0 aliphatic carbocycles. The van der Waals surface area contributed by atoms with Gasteiger partial charge in [-0.1, -0.05) is 43.3 Å². The molecule has 3 aromatic rings. The quantitative estimate of drug-likeness (QED) is 0.634. The molecular formula is C24H25N3O2S. The van der Waals surface area contributed by atoms with E-state index in [1.807, 2.05) is 62.4 Å². The first-order chi connectivity index (χ1) is 14.5. The van der Waals surface area contributed by atoms with Gasteiger partial charge in [0, 0.05) is 29.1 Å². The van der Waals surface area contributed by atoms with Gasteiger partial charge in [-0.05, 0) is 43.5 Å². The van der Waals surface area contributed by atoms with E-state index in [1.165, 1.54) is 16.9 Å². The smallest absolute Gasteiger partial charge is 0.231 e. The minimum absolute atomic E-state index is 0.0169. The second-order valence-corrected chi connectivity index (χ2v) is 8.76. The number of aromatic nitrogens is 1. The Balaban J connectivity index is 1.49. The third-order valence-electron chi connectivity index (χ3n) is 5.59. The Hall–Kier alpha value is -2.99. The monoisotopic (exact) mass is 419 g/mol. The van der Waals surface area contributed by atoms with E-state index in [9.17, 15) is 9.59 Å². The van der Waals surface area contributed by atoms with E-state index in [0.29, 0.717) is 11.7 Å². The molecule has 6 heteroatoms. The van der Waals surface area contributed by atoms with Crippen LogP contribution in [0.4, 0.5) is 10.8 Å². The predicted octanol–water partition coefficient (Wildman–Crippen LogP) is 4.98. The highest BCUT2D eigenvalue weighted by Crippen LogP contribution is 2.33. The maximum Gasteiger partial charge on any atom is 0.231 e. The summed E-state index contributed by atoms with van der Waals surface area (Å²) in [5.74, 6) is -0.546. The van der Waals surface area contributed by atoms with Gasteiger partial charge in [-0.3, -0.25) is 9.59 Å². The summed E-state index contributed by atoms with van der Waals surface area (Å²) in [7, 11) is 0. The molecule has 154 valence electrons. The number of hydrogen-bond donors (Lipinski definition) is 1. The number of carbonyl (C=O) groups excluding carboxylic acids is 2. The third kappa shape index (κ3) is 4.00. The van der Waals surface area contributed by atoms with Crippen LogP contribution in [0.15, 0.2) is 48.5 Å². The highest BCUT2D eigenvalue weighted by molar-refractivity contribution is 7.16. The first kappa shape index (κ1) is 20.3. The molecule has 1 saturated heterocycles. The van der Waals surface area contributed by atoms with Crippen molar-refractivity contribution < 1.29 is 9.59 Å². The van der Waals surface area contributed by atoms with Crippen LogP contribution >= 0.6 is 11.3 Å². The molecule has 4 rings (SSSR count). The summed E-state index contributed by atoms with van der Waals surface area (Å²) in [6.45, 7) is 6.55. The third-order valence-corrected chi connectivity index (χ3v) is 6.71. The number of nitrogens with zero attached hydrogens (tertiary/aromatic N) is 2. The molecule has 2 aromatic carbocycles. The fourth-order valence-electron chi connectivity index (χ4n) is 3.70. The Morgan fingerprint density at radius 3 is 2.63 bits per heavy atom. The molecule has 0 spiro atoms. The fourth-order valence-corrected chi connectivity index (χ4v) is 4.63. The van der Waals surface area contributed by atoms with Gasteiger partial charge in [-0.2, -0.15) is 0 Å². The number of thiazole rings is 1. The van der Waals surface area contributed by atoms with Gasteiger partial charge in [-0.25, -0.2) is 4.98 Å². The van der Waals surface area contributed by atoms with Crippen LogP contribution < -0.4 is 10.2 Å². The number of carbonyl (C=O) groups is 2. The minimum Gasteiger partial charge on any atom is -0.312 e. The van der Waals surface area contributed by atoms with Crippen molar-refractivity contribution in [3.63, 3.8) is 0 Å². The second kappa shape index (κ2) is 8.40. The highest BCUT2D eigenvalue weighted by atomic mass is 32.1. The molecule has 1 unspecified atom stereocenters. The Labute approximate surface area is 180 Å². The molecule has 1 aliphatic heterocycles. The van der Waals surface area contributed by atoms with Crippen LogP contribution in [-0.4, -0.2) is 23.3 Å². The lowest BCUT2D eigenvalue weighted by Gasteiger charge is -2.17. The zero-order valence-corrected chi connectivity index (χ0v) is 18.3. The summed E-state index contributed by atoms with van der Waals surface area (Å²) in [4.78, 5) is 33.0. The van der Waals surface area contributed by atoms with Crippen molar-refractivity contribution in [1.82, 2.24) is 4.98 Å². The zero-order chi connectivity index (χ0) is 21.3. The lowest BCUT2D eigenvalue weighted by atomic mass is 10.1. The molecule has 0 radical (unpaired) electrons. The first-order valence-corrected chi connectivity index (χ1v) is 11.0. The Bertz CT molecular complexity index is 1090. The SMILES string of the molecule is CCc1sc(NC(=O)C2CC(=O)N(c3ccc(C)c(C)c3)C2)nc1-c1ccccc1. The van der Waals surface area contributed by atoms with E-state index in [2.05, 4.69) is 17.2 Å². The summed E-state index contributed by atoms with van der Waals surface area (Å²) in [6, 6.07) is 16.0. The van der Waals surface area contributed by atoms with Gasteiger partial charge in [0.2, 0.25) is 11.8 Å². The summed E-state index contributed by atoms with van der Waals surface area (Å²) in [6.07, 6.45) is 1.07. The number of benzene rings is 2. The van der Waals surface area contributed by atoms with E-state index in [4.69, 9.17) is 0 Å². The molecule has 2 amide bonds. The van der Waals surface area contributed by atoms with Crippen molar-refractivity contribution in [2.75, 3.05) is 16.8 Å². The average Bonchev–Trinajstić information content (AvgIpc) is 3.34. The van der Waals surface area contributed by atoms with Crippen molar-refractivity contribution in [2.45, 2.75) is 33.6 Å². The Morgan fingerprint density at radius 2 is 1.93 bits per heavy atom. The van der Waals surface area contributed by atoms with Crippen LogP contribution in [-0.2, 0) is 16.0 Å². The molecule has 30 heavy (non-hydrogen) atoms. The molecule has 1 aliphatic rings. The zero-order valence-electron chi connectivity index (χ0n) is 17.4. The highest BCUT2D eigenvalue weighted by Gasteiger charge is 2.35. The van der Waals surface area contributed by atoms with E-state index < -0.39 is 0 Å². The van der Waals surface area contributed by atoms with Crippen LogP contribution in [0, 0.1) is 19.8 Å². The number of aryl methyl sites for hydroxylation is 3. The number of rotatable bonds is 5. The molecule has 1 N–H and O–H groups in total. The lowest BCUT2D eigenvalue weighted by Crippen LogP contribution is -2.28. The van der Waals surface area contributed by atoms with Gasteiger partial charge < -0.3 is 10.2 Å². The maximum atomic E-state index is 12.9. The van der Waals surface area contributed by atoms with Crippen molar-refractivity contribution in [1.29, 1.82) is 0 Å². The van der Waals surface area contributed by atoms with Gasteiger partial charge in [0.1, 0.15) is 0 Å². The van der Waals surface area contributed by atoms with E-state index in [-0.39, 0.29) is 24.2 Å². The molecular weight excluding hydrogens is 394 g/mol. The van der Waals surface area contributed by atoms with Crippen LogP contribution in [0.25, 0.3) is 11.3 Å². The Morgan fingerprint density at radius 1 is 1.17 bits per heavy atom. The number of nitrogens with one attached hydrogen (secondary N) is 1. The van der Waals surface area contributed by atoms with Gasteiger partial charge in [-0.15, -0.1) is 11.3 Å². The van der Waals surface area contributed by atoms with Gasteiger partial charge in [0.05, 0.1) is 11.6 Å². The van der Waals surface area contributed by atoms with E-state index in [0.717, 1.165) is 33.8 Å². The summed E-state index contributed by atoms with van der Waals surface area (Å²) in [5, 5.41) is 3.54. The molecule has 1 atom stereocenters. The first-order valence-electron chi connectivity index (χ1n) is 10.2. The van der Waals surface area contributed by atoms with Crippen LogP contribution in [0.1, 0.15) is 29.3 Å². The van der Waals surface area contributed by atoms with E-state index >= 15 is 0 Å².